The lowest BCUT2D eigenvalue weighted by molar-refractivity contribution is 0.0135. The summed E-state index contributed by atoms with van der Waals surface area (Å²) in [5, 5.41) is 28.1. The molecule has 0 saturated carbocycles. The number of rotatable bonds is 11. The molecular weight excluding hydrogens is 500 g/mol. The lowest BCUT2D eigenvalue weighted by atomic mass is 9.89. The maximum absolute atomic E-state index is 14.7. The average molecular weight is 538 g/mol. The molecule has 2 aromatic rings. The van der Waals surface area contributed by atoms with Gasteiger partial charge in [0, 0.05) is 39.3 Å². The second kappa shape index (κ2) is 13.1. The standard InChI is InChI=1S/C26H37F2N5O5/c1-16(2)13-32(19-12-18(17(3)34)14-31(15-19)26(36)37)25(35)24-22(9-5-6-11-38-4)33(30-29-24)21-10-7-8-20(27)23(21)28/h7-8,10,16-19,34H,5-6,9,11-15H2,1-4H3,(H,36,37)/t17?,18-,19+/m1/s1. The van der Waals surface area contributed by atoms with E-state index in [1.54, 1.807) is 18.9 Å². The van der Waals surface area contributed by atoms with E-state index in [2.05, 4.69) is 10.3 Å². The van der Waals surface area contributed by atoms with Gasteiger partial charge in [-0.05, 0) is 50.7 Å². The van der Waals surface area contributed by atoms with Crippen LogP contribution in [-0.4, -0.2) is 92.5 Å². The Hall–Kier alpha value is -3.12. The highest BCUT2D eigenvalue weighted by Crippen LogP contribution is 2.27. The summed E-state index contributed by atoms with van der Waals surface area (Å²) in [5.41, 5.74) is 0.188. The third-order valence-corrected chi connectivity index (χ3v) is 6.81. The van der Waals surface area contributed by atoms with E-state index in [1.807, 2.05) is 13.8 Å². The third-order valence-electron chi connectivity index (χ3n) is 6.81. The highest BCUT2D eigenvalue weighted by molar-refractivity contribution is 5.93. The minimum Gasteiger partial charge on any atom is -0.465 e. The molecule has 2 heterocycles. The first-order chi connectivity index (χ1) is 18.0. The lowest BCUT2D eigenvalue weighted by Gasteiger charge is -2.43. The van der Waals surface area contributed by atoms with Crippen molar-refractivity contribution in [2.45, 2.75) is 58.6 Å². The van der Waals surface area contributed by atoms with Gasteiger partial charge in [-0.2, -0.15) is 0 Å². The van der Waals surface area contributed by atoms with Crippen molar-refractivity contribution < 1.29 is 33.3 Å². The molecule has 1 aliphatic rings. The summed E-state index contributed by atoms with van der Waals surface area (Å²) in [6.07, 6.45) is 0.0969. The SMILES string of the molecule is COCCCCc1c(C(=O)N(CC(C)C)[C@H]2C[C@@H](C(C)O)CN(C(=O)O)C2)nnn1-c1cccc(F)c1F. The quantitative estimate of drug-likeness (QED) is 0.422. The fraction of sp³-hybridized carbons (Fsp3) is 0.615. The maximum atomic E-state index is 14.7. The minimum absolute atomic E-state index is 0.00720. The summed E-state index contributed by atoms with van der Waals surface area (Å²) in [6.45, 7) is 6.56. The number of carbonyl (C=O) groups is 2. The number of piperidine rings is 1. The Balaban J connectivity index is 2.03. The number of amides is 2. The smallest absolute Gasteiger partial charge is 0.407 e. The van der Waals surface area contributed by atoms with Crippen LogP contribution in [0.4, 0.5) is 13.6 Å². The zero-order valence-corrected chi connectivity index (χ0v) is 22.3. The number of unbranched alkanes of at least 4 members (excludes halogenated alkanes) is 1. The van der Waals surface area contributed by atoms with Gasteiger partial charge in [-0.25, -0.2) is 18.3 Å². The first-order valence-electron chi connectivity index (χ1n) is 12.9. The molecule has 2 amide bonds. The van der Waals surface area contributed by atoms with Crippen LogP contribution in [0.25, 0.3) is 5.69 Å². The van der Waals surface area contributed by atoms with Gasteiger partial charge in [0.05, 0.1) is 17.8 Å². The Morgan fingerprint density at radius 2 is 1.95 bits per heavy atom. The normalized spacial score (nSPS) is 18.6. The van der Waals surface area contributed by atoms with Crippen LogP contribution in [-0.2, 0) is 11.2 Å². The topological polar surface area (TPSA) is 121 Å². The summed E-state index contributed by atoms with van der Waals surface area (Å²) < 4.78 is 35.0. The predicted octanol–water partition coefficient (Wildman–Crippen LogP) is 3.36. The predicted molar refractivity (Wildman–Crippen MR) is 135 cm³/mol. The van der Waals surface area contributed by atoms with Crippen molar-refractivity contribution in [1.82, 2.24) is 24.8 Å². The summed E-state index contributed by atoms with van der Waals surface area (Å²) in [4.78, 5) is 28.7. The first-order valence-corrected chi connectivity index (χ1v) is 12.9. The molecule has 1 aromatic carbocycles. The van der Waals surface area contributed by atoms with Crippen molar-refractivity contribution in [3.05, 3.63) is 41.2 Å². The van der Waals surface area contributed by atoms with Crippen LogP contribution in [0, 0.1) is 23.5 Å². The Morgan fingerprint density at radius 1 is 1.21 bits per heavy atom. The maximum Gasteiger partial charge on any atom is 0.407 e. The number of benzene rings is 1. The number of aliphatic hydroxyl groups is 1. The second-order valence-electron chi connectivity index (χ2n) is 10.2. The highest BCUT2D eigenvalue weighted by atomic mass is 19.2. The molecule has 210 valence electrons. The number of aliphatic hydroxyl groups excluding tert-OH is 1. The molecule has 0 bridgehead atoms. The molecule has 1 fully saturated rings. The second-order valence-corrected chi connectivity index (χ2v) is 10.2. The van der Waals surface area contributed by atoms with Gasteiger partial charge in [-0.3, -0.25) is 4.79 Å². The summed E-state index contributed by atoms with van der Waals surface area (Å²) in [5.74, 6) is -2.91. The molecule has 1 aliphatic heterocycles. The Labute approximate surface area is 221 Å². The van der Waals surface area contributed by atoms with Crippen LogP contribution < -0.4 is 0 Å². The van der Waals surface area contributed by atoms with Crippen LogP contribution in [0.15, 0.2) is 18.2 Å². The number of hydrogen-bond donors (Lipinski definition) is 2. The van der Waals surface area contributed by atoms with Crippen LogP contribution in [0.3, 0.4) is 0 Å². The van der Waals surface area contributed by atoms with Crippen molar-refractivity contribution >= 4 is 12.0 Å². The monoisotopic (exact) mass is 537 g/mol. The van der Waals surface area contributed by atoms with E-state index in [0.717, 1.165) is 10.7 Å². The number of nitrogens with zero attached hydrogens (tertiary/aromatic N) is 5. The molecule has 12 heteroatoms. The summed E-state index contributed by atoms with van der Waals surface area (Å²) in [7, 11) is 1.58. The van der Waals surface area contributed by atoms with Crippen LogP contribution in [0.2, 0.25) is 0 Å². The van der Waals surface area contributed by atoms with Gasteiger partial charge in [-0.1, -0.05) is 25.1 Å². The van der Waals surface area contributed by atoms with Crippen LogP contribution >= 0.6 is 0 Å². The number of methoxy groups -OCH3 is 1. The van der Waals surface area contributed by atoms with Crippen molar-refractivity contribution in [3.63, 3.8) is 0 Å². The van der Waals surface area contributed by atoms with E-state index in [4.69, 9.17) is 4.74 Å². The van der Waals surface area contributed by atoms with Crippen molar-refractivity contribution in [2.24, 2.45) is 11.8 Å². The van der Waals surface area contributed by atoms with Crippen LogP contribution in [0.1, 0.15) is 56.2 Å². The van der Waals surface area contributed by atoms with Crippen molar-refractivity contribution in [1.29, 1.82) is 0 Å². The Kier molecular flexibility index (Phi) is 10.1. The number of aromatic nitrogens is 3. The average Bonchev–Trinajstić information content (AvgIpc) is 3.29. The molecule has 3 rings (SSSR count). The van der Waals surface area contributed by atoms with E-state index in [1.165, 1.54) is 17.0 Å². The van der Waals surface area contributed by atoms with E-state index in [0.29, 0.717) is 44.5 Å². The molecule has 1 unspecified atom stereocenters. The fourth-order valence-electron chi connectivity index (χ4n) is 4.85. The fourth-order valence-corrected chi connectivity index (χ4v) is 4.85. The number of hydrogen-bond acceptors (Lipinski definition) is 6. The summed E-state index contributed by atoms with van der Waals surface area (Å²) in [6, 6.07) is 3.22. The van der Waals surface area contributed by atoms with Gasteiger partial charge in [0.15, 0.2) is 17.3 Å². The third kappa shape index (κ3) is 6.84. The molecule has 2 N–H and O–H groups in total. The molecule has 1 saturated heterocycles. The first kappa shape index (κ1) is 29.4. The van der Waals surface area contributed by atoms with Gasteiger partial charge in [0.2, 0.25) is 0 Å². The molecule has 0 spiro atoms. The number of carbonyl (C=O) groups excluding carboxylic acids is 1. The van der Waals surface area contributed by atoms with Gasteiger partial charge in [-0.15, -0.1) is 5.10 Å². The molecule has 10 nitrogen and oxygen atoms in total. The highest BCUT2D eigenvalue weighted by Gasteiger charge is 2.38. The molecule has 0 radical (unpaired) electrons. The zero-order chi connectivity index (χ0) is 28.0. The Morgan fingerprint density at radius 3 is 2.58 bits per heavy atom. The van der Waals surface area contributed by atoms with E-state index in [9.17, 15) is 28.6 Å². The molecular formula is C26H37F2N5O5. The molecule has 38 heavy (non-hydrogen) atoms. The largest absolute Gasteiger partial charge is 0.465 e. The molecule has 1 aromatic heterocycles. The van der Waals surface area contributed by atoms with E-state index < -0.39 is 35.8 Å². The van der Waals surface area contributed by atoms with Crippen LogP contribution in [0.5, 0.6) is 0 Å². The van der Waals surface area contributed by atoms with E-state index in [-0.39, 0.29) is 36.3 Å². The number of halogens is 2. The van der Waals surface area contributed by atoms with Gasteiger partial charge < -0.3 is 24.7 Å². The van der Waals surface area contributed by atoms with Crippen molar-refractivity contribution in [3.8, 4) is 5.69 Å². The molecule has 0 aliphatic carbocycles. The van der Waals surface area contributed by atoms with Gasteiger partial charge in [0.1, 0.15) is 5.69 Å². The Bertz CT molecular complexity index is 1110. The van der Waals surface area contributed by atoms with E-state index >= 15 is 0 Å². The zero-order valence-electron chi connectivity index (χ0n) is 22.3. The molecule has 3 atom stereocenters. The minimum atomic E-state index is -1.12. The number of likely N-dealkylation sites (tertiary alicyclic amines) is 1. The number of ether oxygens (including phenoxy) is 1. The lowest BCUT2D eigenvalue weighted by Crippen LogP contribution is -2.56. The van der Waals surface area contributed by atoms with Crippen molar-refractivity contribution in [2.75, 3.05) is 33.4 Å². The summed E-state index contributed by atoms with van der Waals surface area (Å²) >= 11 is 0. The van der Waals surface area contributed by atoms with Gasteiger partial charge >= 0.3 is 6.09 Å². The number of carboxylic acid groups (broad SMARTS) is 1. The van der Waals surface area contributed by atoms with Gasteiger partial charge in [0.25, 0.3) is 5.91 Å².